The van der Waals surface area contributed by atoms with Gasteiger partial charge in [-0.15, -0.1) is 0 Å². The van der Waals surface area contributed by atoms with Gasteiger partial charge in [0.05, 0.1) is 17.2 Å². The average Bonchev–Trinajstić information content (AvgIpc) is 3.03. The van der Waals surface area contributed by atoms with E-state index in [0.29, 0.717) is 15.6 Å². The number of amides is 2. The molecular weight excluding hydrogens is 621 g/mol. The van der Waals surface area contributed by atoms with E-state index in [4.69, 9.17) is 27.9 Å². The van der Waals surface area contributed by atoms with Crippen LogP contribution in [0.25, 0.3) is 0 Å². The zero-order valence-corrected chi connectivity index (χ0v) is 26.6. The number of rotatable bonds is 13. The van der Waals surface area contributed by atoms with E-state index in [2.05, 4.69) is 5.32 Å². The summed E-state index contributed by atoms with van der Waals surface area (Å²) in [6.07, 6.45) is 0.191. The van der Waals surface area contributed by atoms with Gasteiger partial charge in [-0.05, 0) is 60.5 Å². The van der Waals surface area contributed by atoms with Crippen molar-refractivity contribution in [2.24, 2.45) is 0 Å². The lowest BCUT2D eigenvalue weighted by atomic mass is 10.0. The molecule has 2 amide bonds. The molecule has 4 rings (SSSR count). The number of nitrogens with zero attached hydrogens (tertiary/aromatic N) is 2. The number of hydrogen-bond donors (Lipinski definition) is 1. The van der Waals surface area contributed by atoms with Crippen LogP contribution in [-0.4, -0.2) is 51.4 Å². The van der Waals surface area contributed by atoms with Crippen LogP contribution in [0.5, 0.6) is 5.75 Å². The van der Waals surface area contributed by atoms with Gasteiger partial charge in [-0.1, -0.05) is 83.9 Å². The van der Waals surface area contributed by atoms with Crippen molar-refractivity contribution >= 4 is 50.7 Å². The Morgan fingerprint density at radius 3 is 2.16 bits per heavy atom. The van der Waals surface area contributed by atoms with Crippen LogP contribution in [0.15, 0.2) is 108 Å². The van der Waals surface area contributed by atoms with Crippen LogP contribution in [0.1, 0.15) is 18.1 Å². The van der Waals surface area contributed by atoms with Gasteiger partial charge < -0.3 is 15.0 Å². The highest BCUT2D eigenvalue weighted by molar-refractivity contribution is 7.92. The third kappa shape index (κ3) is 7.91. The Morgan fingerprint density at radius 1 is 0.864 bits per heavy atom. The Hall–Kier alpha value is -4.05. The molecule has 0 aromatic heterocycles. The molecule has 0 fully saturated rings. The molecule has 0 heterocycles. The van der Waals surface area contributed by atoms with Crippen molar-refractivity contribution < 1.29 is 22.7 Å². The fraction of sp³-hybridized carbons (Fsp3) is 0.212. The largest absolute Gasteiger partial charge is 0.492 e. The molecule has 0 bridgehead atoms. The first-order valence-corrected chi connectivity index (χ1v) is 16.1. The van der Waals surface area contributed by atoms with Crippen LogP contribution < -0.4 is 14.4 Å². The van der Waals surface area contributed by atoms with Crippen molar-refractivity contribution in [1.82, 2.24) is 10.2 Å². The summed E-state index contributed by atoms with van der Waals surface area (Å²) in [7, 11) is -2.82. The van der Waals surface area contributed by atoms with E-state index in [9.17, 15) is 18.0 Å². The molecule has 0 aliphatic heterocycles. The number of sulfonamides is 1. The van der Waals surface area contributed by atoms with E-state index >= 15 is 0 Å². The summed E-state index contributed by atoms with van der Waals surface area (Å²) in [6.45, 7) is 1.39. The second-order valence-corrected chi connectivity index (χ2v) is 12.5. The zero-order valence-electron chi connectivity index (χ0n) is 24.3. The topological polar surface area (TPSA) is 96.0 Å². The number of carbonyl (C=O) groups excluding carboxylic acids is 2. The van der Waals surface area contributed by atoms with Crippen molar-refractivity contribution in [3.63, 3.8) is 0 Å². The van der Waals surface area contributed by atoms with Gasteiger partial charge >= 0.3 is 0 Å². The molecule has 4 aromatic rings. The summed E-state index contributed by atoms with van der Waals surface area (Å²) < 4.78 is 35.1. The molecular formula is C33H33Cl2N3O5S. The second-order valence-electron chi connectivity index (χ2n) is 9.80. The van der Waals surface area contributed by atoms with E-state index < -0.39 is 34.4 Å². The summed E-state index contributed by atoms with van der Waals surface area (Å²) in [6, 6.07) is 27.6. The molecule has 0 saturated carbocycles. The van der Waals surface area contributed by atoms with Crippen LogP contribution in [0.2, 0.25) is 10.0 Å². The van der Waals surface area contributed by atoms with Crippen LogP contribution >= 0.6 is 23.2 Å². The summed E-state index contributed by atoms with van der Waals surface area (Å²) in [5.74, 6) is -0.737. The predicted octanol–water partition coefficient (Wildman–Crippen LogP) is 5.97. The van der Waals surface area contributed by atoms with Gasteiger partial charge in [-0.2, -0.15) is 0 Å². The van der Waals surface area contributed by atoms with Gasteiger partial charge in [0.2, 0.25) is 11.8 Å². The van der Waals surface area contributed by atoms with Crippen molar-refractivity contribution in [3.05, 3.63) is 124 Å². The van der Waals surface area contributed by atoms with Crippen molar-refractivity contribution in [2.75, 3.05) is 24.5 Å². The second kappa shape index (κ2) is 15.1. The van der Waals surface area contributed by atoms with Gasteiger partial charge in [0.1, 0.15) is 18.3 Å². The predicted molar refractivity (Wildman–Crippen MR) is 174 cm³/mol. The number of halogens is 2. The molecule has 1 atom stereocenters. The van der Waals surface area contributed by atoms with E-state index in [-0.39, 0.29) is 35.9 Å². The number of benzene rings is 4. The van der Waals surface area contributed by atoms with E-state index in [1.54, 1.807) is 55.5 Å². The summed E-state index contributed by atoms with van der Waals surface area (Å²) in [5.41, 5.74) is 1.60. The standard InChI is InChI=1S/C33H33Cl2N3O5S/c1-3-43-31-16-10-9-15-29(31)38(44(41,42)27-19-17-26(34)18-20-27)23-32(39)37(22-25-13-7-8-14-28(25)35)30(33(40)36-2)21-24-11-5-4-6-12-24/h4-20,30H,3,21-23H2,1-2H3,(H,36,40)/t30-/m1/s1. The molecule has 8 nitrogen and oxygen atoms in total. The van der Waals surface area contributed by atoms with E-state index in [0.717, 1.165) is 9.87 Å². The lowest BCUT2D eigenvalue weighted by Gasteiger charge is -2.34. The molecule has 1 N–H and O–H groups in total. The number of para-hydroxylation sites is 2. The Balaban J connectivity index is 1.83. The highest BCUT2D eigenvalue weighted by Gasteiger charge is 2.35. The van der Waals surface area contributed by atoms with Gasteiger partial charge in [-0.3, -0.25) is 13.9 Å². The quantitative estimate of drug-likeness (QED) is 0.192. The first-order valence-electron chi connectivity index (χ1n) is 13.9. The third-order valence-corrected chi connectivity index (χ3v) is 9.32. The Bertz CT molecular complexity index is 1690. The Morgan fingerprint density at radius 2 is 1.50 bits per heavy atom. The van der Waals surface area contributed by atoms with Gasteiger partial charge in [0.25, 0.3) is 10.0 Å². The highest BCUT2D eigenvalue weighted by Crippen LogP contribution is 2.33. The number of anilines is 1. The fourth-order valence-corrected chi connectivity index (χ4v) is 6.46. The monoisotopic (exact) mass is 653 g/mol. The summed E-state index contributed by atoms with van der Waals surface area (Å²) >= 11 is 12.5. The zero-order chi connectivity index (χ0) is 31.7. The van der Waals surface area contributed by atoms with Gasteiger partial charge in [0, 0.05) is 30.1 Å². The summed E-state index contributed by atoms with van der Waals surface area (Å²) in [4.78, 5) is 29.1. The molecule has 4 aromatic carbocycles. The number of carbonyl (C=O) groups is 2. The lowest BCUT2D eigenvalue weighted by Crippen LogP contribution is -2.53. The first-order chi connectivity index (χ1) is 21.1. The fourth-order valence-electron chi connectivity index (χ4n) is 4.72. The van der Waals surface area contributed by atoms with Crippen molar-refractivity contribution in [2.45, 2.75) is 30.8 Å². The van der Waals surface area contributed by atoms with Gasteiger partial charge in [0.15, 0.2) is 0 Å². The molecule has 0 radical (unpaired) electrons. The molecule has 11 heteroatoms. The Kier molecular flexibility index (Phi) is 11.3. The van der Waals surface area contributed by atoms with Crippen LogP contribution in [-0.2, 0) is 32.6 Å². The van der Waals surface area contributed by atoms with Crippen LogP contribution in [0.4, 0.5) is 5.69 Å². The molecule has 44 heavy (non-hydrogen) atoms. The Labute approximate surface area is 268 Å². The third-order valence-electron chi connectivity index (χ3n) is 6.93. The number of hydrogen-bond acceptors (Lipinski definition) is 5. The SMILES string of the molecule is CCOc1ccccc1N(CC(=O)N(Cc1ccccc1Cl)[C@H](Cc1ccccc1)C(=O)NC)S(=O)(=O)c1ccc(Cl)cc1. The smallest absolute Gasteiger partial charge is 0.264 e. The normalized spacial score (nSPS) is 11.8. The van der Waals surface area contributed by atoms with Crippen LogP contribution in [0.3, 0.4) is 0 Å². The lowest BCUT2D eigenvalue weighted by molar-refractivity contribution is -0.139. The molecule has 0 saturated heterocycles. The van der Waals surface area contributed by atoms with E-state index in [1.807, 2.05) is 30.3 Å². The number of nitrogens with one attached hydrogen (secondary N) is 1. The maximum absolute atomic E-state index is 14.4. The molecule has 0 aliphatic rings. The van der Waals surface area contributed by atoms with Gasteiger partial charge in [-0.25, -0.2) is 8.42 Å². The minimum atomic E-state index is -4.31. The van der Waals surface area contributed by atoms with Crippen molar-refractivity contribution in [3.8, 4) is 5.75 Å². The molecule has 0 aliphatic carbocycles. The van der Waals surface area contributed by atoms with Crippen molar-refractivity contribution in [1.29, 1.82) is 0 Å². The minimum Gasteiger partial charge on any atom is -0.492 e. The highest BCUT2D eigenvalue weighted by atomic mass is 35.5. The maximum Gasteiger partial charge on any atom is 0.264 e. The average molecular weight is 655 g/mol. The number of likely N-dealkylation sites (N-methyl/N-ethyl adjacent to an activating group) is 1. The van der Waals surface area contributed by atoms with Crippen LogP contribution in [0, 0.1) is 0 Å². The van der Waals surface area contributed by atoms with E-state index in [1.165, 1.54) is 36.2 Å². The summed E-state index contributed by atoms with van der Waals surface area (Å²) in [5, 5.41) is 3.44. The molecule has 0 unspecified atom stereocenters. The molecule has 230 valence electrons. The first kappa shape index (κ1) is 32.9. The number of ether oxygens (including phenoxy) is 1. The minimum absolute atomic E-state index is 0.0363. The molecule has 0 spiro atoms. The maximum atomic E-state index is 14.4.